The first-order valence-corrected chi connectivity index (χ1v) is 16.9. The van der Waals surface area contributed by atoms with Gasteiger partial charge in [0.15, 0.2) is 0 Å². The van der Waals surface area contributed by atoms with Gasteiger partial charge in [-0.25, -0.2) is 8.42 Å². The van der Waals surface area contributed by atoms with Gasteiger partial charge in [0.2, 0.25) is 10.0 Å². The van der Waals surface area contributed by atoms with Crippen LogP contribution in [0.5, 0.6) is 5.75 Å². The van der Waals surface area contributed by atoms with E-state index in [0.717, 1.165) is 35.5 Å². The van der Waals surface area contributed by atoms with Gasteiger partial charge >= 0.3 is 0 Å². The van der Waals surface area contributed by atoms with E-state index in [4.69, 9.17) is 4.74 Å². The van der Waals surface area contributed by atoms with E-state index in [1.54, 1.807) is 35.2 Å². The van der Waals surface area contributed by atoms with E-state index in [1.807, 2.05) is 12.1 Å². The fraction of sp³-hybridized carbons (Fsp3) is 0.387. The Bertz CT molecular complexity index is 1630. The van der Waals surface area contributed by atoms with Crippen molar-refractivity contribution in [1.29, 1.82) is 0 Å². The molecule has 240 valence electrons. The molecule has 2 heterocycles. The Kier molecular flexibility index (Phi) is 10.5. The average Bonchev–Trinajstić information content (AvgIpc) is 3.04. The van der Waals surface area contributed by atoms with Gasteiger partial charge < -0.3 is 19.8 Å². The third-order valence-corrected chi connectivity index (χ3v) is 10.4. The fourth-order valence-electron chi connectivity index (χ4n) is 5.58. The lowest BCUT2D eigenvalue weighted by Gasteiger charge is -2.34. The topological polar surface area (TPSA) is 154 Å². The summed E-state index contributed by atoms with van der Waals surface area (Å²) in [7, 11) is -3.94. The number of aliphatic hydroxyl groups is 2. The zero-order chi connectivity index (χ0) is 32.1. The zero-order valence-corrected chi connectivity index (χ0v) is 26.9. The van der Waals surface area contributed by atoms with E-state index in [9.17, 15) is 33.5 Å². The van der Waals surface area contributed by atoms with E-state index < -0.39 is 21.1 Å². The summed E-state index contributed by atoms with van der Waals surface area (Å²) in [6.45, 7) is 2.46. The quantitative estimate of drug-likeness (QED) is 0.238. The minimum atomic E-state index is -3.94. The first-order chi connectivity index (χ1) is 21.5. The zero-order valence-electron chi connectivity index (χ0n) is 24.5. The highest BCUT2D eigenvalue weighted by Crippen LogP contribution is 2.31. The van der Waals surface area contributed by atoms with Gasteiger partial charge in [-0.15, -0.1) is 0 Å². The van der Waals surface area contributed by atoms with Gasteiger partial charge in [-0.05, 0) is 61.3 Å². The van der Waals surface area contributed by atoms with E-state index in [-0.39, 0.29) is 55.4 Å². The van der Waals surface area contributed by atoms with Gasteiger partial charge in [-0.3, -0.25) is 19.8 Å². The Labute approximate surface area is 270 Å². The van der Waals surface area contributed by atoms with Crippen molar-refractivity contribution in [3.8, 4) is 5.75 Å². The lowest BCUT2D eigenvalue weighted by molar-refractivity contribution is -0.385. The van der Waals surface area contributed by atoms with Crippen LogP contribution in [0.1, 0.15) is 40.4 Å². The predicted octanol–water partition coefficient (Wildman–Crippen LogP) is 3.57. The molecule has 0 aliphatic carbocycles. The normalized spacial score (nSPS) is 18.8. The van der Waals surface area contributed by atoms with Crippen LogP contribution >= 0.6 is 15.9 Å². The van der Waals surface area contributed by atoms with E-state index in [1.165, 1.54) is 22.5 Å². The Morgan fingerprint density at radius 2 is 1.78 bits per heavy atom. The summed E-state index contributed by atoms with van der Waals surface area (Å²) in [6.07, 6.45) is 0.472. The number of non-ortho nitro benzene ring substituents is 1. The number of β-amino-alcohol motifs (C(OH)–C–C–N with tert-alkyl or cyclic N) is 2. The fourth-order valence-corrected chi connectivity index (χ4v) is 7.42. The number of sulfonamides is 1. The number of halogens is 1. The molecule has 0 saturated carbocycles. The van der Waals surface area contributed by atoms with Crippen LogP contribution in [0.4, 0.5) is 5.69 Å². The molecule has 2 N–H and O–H groups in total. The number of amides is 1. The minimum Gasteiger partial charge on any atom is -0.489 e. The van der Waals surface area contributed by atoms with Crippen molar-refractivity contribution < 1.29 is 33.1 Å². The van der Waals surface area contributed by atoms with Gasteiger partial charge in [0.1, 0.15) is 12.4 Å². The van der Waals surface area contributed by atoms with Crippen molar-refractivity contribution in [2.45, 2.75) is 36.6 Å². The molecule has 12 nitrogen and oxygen atoms in total. The molecule has 0 radical (unpaired) electrons. The molecule has 2 aliphatic heterocycles. The number of ether oxygens (including phenoxy) is 1. The number of piperidine rings is 1. The Morgan fingerprint density at radius 1 is 1.04 bits per heavy atom. The van der Waals surface area contributed by atoms with Crippen LogP contribution in [0.25, 0.3) is 0 Å². The maximum Gasteiger partial charge on any atom is 0.270 e. The molecule has 14 heteroatoms. The monoisotopic (exact) mass is 702 g/mol. The standard InChI is InChI=1S/C31H35BrN4O8S/c32-24-10-11-30(28(17-24)29(38)20-33-12-2-4-26(37)19-33)44-21-22-6-8-23(9-7-22)31(39)34-13-15-35(16-14-34)45(42,43)27-5-1-3-25(18-27)36(40)41/h1,3,5-11,17-18,26,29,37-38H,2,4,12-16,19-21H2. The molecule has 2 saturated heterocycles. The highest BCUT2D eigenvalue weighted by Gasteiger charge is 2.31. The van der Waals surface area contributed by atoms with E-state index in [0.29, 0.717) is 30.0 Å². The summed E-state index contributed by atoms with van der Waals surface area (Å²) in [6, 6.07) is 17.4. The number of hydrogen-bond acceptors (Lipinski definition) is 9. The number of carbonyl (C=O) groups is 1. The molecule has 5 rings (SSSR count). The van der Waals surface area contributed by atoms with E-state index >= 15 is 0 Å². The number of rotatable bonds is 10. The molecule has 0 aromatic heterocycles. The summed E-state index contributed by atoms with van der Waals surface area (Å²) in [4.78, 5) is 27.1. The summed E-state index contributed by atoms with van der Waals surface area (Å²) >= 11 is 3.47. The van der Waals surface area contributed by atoms with Crippen LogP contribution in [-0.4, -0.2) is 95.5 Å². The molecule has 0 spiro atoms. The predicted molar refractivity (Wildman–Crippen MR) is 169 cm³/mol. The molecule has 0 bridgehead atoms. The molecule has 3 aromatic carbocycles. The highest BCUT2D eigenvalue weighted by atomic mass is 79.9. The second-order valence-corrected chi connectivity index (χ2v) is 14.0. The third-order valence-electron chi connectivity index (χ3n) is 8.03. The van der Waals surface area contributed by atoms with Gasteiger partial charge in [0.05, 0.1) is 22.0 Å². The summed E-state index contributed by atoms with van der Waals surface area (Å²) in [5.41, 5.74) is 1.62. The number of piperazine rings is 1. The SMILES string of the molecule is O=C(c1ccc(COc2ccc(Br)cc2C(O)CN2CCCC(O)C2)cc1)N1CCN(S(=O)(=O)c2cccc([N+](=O)[O-])c2)CC1. The van der Waals surface area contributed by atoms with Crippen molar-refractivity contribution in [3.63, 3.8) is 0 Å². The number of aliphatic hydroxyl groups excluding tert-OH is 2. The second kappa shape index (κ2) is 14.4. The number of carbonyl (C=O) groups excluding carboxylic acids is 1. The molecule has 2 atom stereocenters. The largest absolute Gasteiger partial charge is 0.489 e. The summed E-state index contributed by atoms with van der Waals surface area (Å²) in [5, 5.41) is 32.1. The number of hydrogen-bond donors (Lipinski definition) is 2. The van der Waals surface area contributed by atoms with Crippen LogP contribution in [-0.2, 0) is 16.6 Å². The highest BCUT2D eigenvalue weighted by molar-refractivity contribution is 9.10. The van der Waals surface area contributed by atoms with Crippen LogP contribution in [0.15, 0.2) is 76.1 Å². The average molecular weight is 704 g/mol. The van der Waals surface area contributed by atoms with Crippen LogP contribution in [0.3, 0.4) is 0 Å². The smallest absolute Gasteiger partial charge is 0.270 e. The third kappa shape index (κ3) is 8.07. The Hall–Kier alpha value is -3.40. The van der Waals surface area contributed by atoms with E-state index in [2.05, 4.69) is 20.8 Å². The van der Waals surface area contributed by atoms with Crippen LogP contribution < -0.4 is 4.74 Å². The lowest BCUT2D eigenvalue weighted by Crippen LogP contribution is -2.50. The molecule has 2 unspecified atom stereocenters. The van der Waals surface area contributed by atoms with Gasteiger partial charge in [0.25, 0.3) is 11.6 Å². The molecular formula is C31H35BrN4O8S. The van der Waals surface area contributed by atoms with Crippen molar-refractivity contribution in [3.05, 3.63) is 98.0 Å². The maximum absolute atomic E-state index is 13.2. The molecule has 2 fully saturated rings. The molecular weight excluding hydrogens is 668 g/mol. The molecule has 3 aromatic rings. The Morgan fingerprint density at radius 3 is 2.47 bits per heavy atom. The molecule has 45 heavy (non-hydrogen) atoms. The summed E-state index contributed by atoms with van der Waals surface area (Å²) in [5.74, 6) is 0.317. The van der Waals surface area contributed by atoms with Crippen molar-refractivity contribution in [2.75, 3.05) is 45.8 Å². The van der Waals surface area contributed by atoms with Crippen LogP contribution in [0.2, 0.25) is 0 Å². The molecule has 2 aliphatic rings. The number of nitrogens with zero attached hydrogens (tertiary/aromatic N) is 4. The minimum absolute atomic E-state index is 0.0718. The number of likely N-dealkylation sites (tertiary alicyclic amines) is 1. The van der Waals surface area contributed by atoms with Crippen molar-refractivity contribution in [2.24, 2.45) is 0 Å². The second-order valence-electron chi connectivity index (χ2n) is 11.2. The number of nitro benzene ring substituents is 1. The number of benzene rings is 3. The van der Waals surface area contributed by atoms with Crippen molar-refractivity contribution in [1.82, 2.24) is 14.1 Å². The summed E-state index contributed by atoms with van der Waals surface area (Å²) < 4.78 is 34.2. The van der Waals surface area contributed by atoms with Crippen LogP contribution in [0, 0.1) is 10.1 Å². The first kappa shape index (κ1) is 33.0. The lowest BCUT2D eigenvalue weighted by atomic mass is 10.0. The molecule has 1 amide bonds. The van der Waals surface area contributed by atoms with Gasteiger partial charge in [-0.2, -0.15) is 4.31 Å². The Balaban J connectivity index is 1.16. The van der Waals surface area contributed by atoms with Crippen molar-refractivity contribution >= 4 is 37.5 Å². The van der Waals surface area contributed by atoms with Gasteiger partial charge in [-0.1, -0.05) is 34.1 Å². The number of nitro groups is 1. The maximum atomic E-state index is 13.2. The van der Waals surface area contributed by atoms with Gasteiger partial charge in [0, 0.05) is 67.0 Å². The first-order valence-electron chi connectivity index (χ1n) is 14.6.